The van der Waals surface area contributed by atoms with Crippen LogP contribution in [0.15, 0.2) is 52.6 Å². The molecule has 9 heteroatoms. The monoisotopic (exact) mass is 472 g/mol. The van der Waals surface area contributed by atoms with Gasteiger partial charge in [0.1, 0.15) is 5.75 Å². The number of amides is 2. The number of urea groups is 1. The van der Waals surface area contributed by atoms with Crippen molar-refractivity contribution in [3.05, 3.63) is 69.9 Å². The number of sulfone groups is 1. The number of rotatable bonds is 7. The van der Waals surface area contributed by atoms with Gasteiger partial charge < -0.3 is 20.1 Å². The highest BCUT2D eigenvalue weighted by molar-refractivity contribution is 7.91. The first-order valence-electron chi connectivity index (χ1n) is 10.5. The summed E-state index contributed by atoms with van der Waals surface area (Å²) >= 11 is 0. The Labute approximate surface area is 193 Å². The van der Waals surface area contributed by atoms with E-state index < -0.39 is 33.6 Å². The molecule has 2 aromatic carbocycles. The number of ether oxygens (including phenoxy) is 2. The van der Waals surface area contributed by atoms with Gasteiger partial charge in [-0.1, -0.05) is 29.8 Å². The van der Waals surface area contributed by atoms with E-state index in [4.69, 9.17) is 9.47 Å². The normalized spacial score (nSPS) is 16.2. The highest BCUT2D eigenvalue weighted by atomic mass is 32.2. The Bertz CT molecular complexity index is 1190. The molecule has 0 bridgehead atoms. The van der Waals surface area contributed by atoms with Crippen LogP contribution < -0.4 is 15.4 Å². The Morgan fingerprint density at radius 2 is 1.67 bits per heavy atom. The molecular formula is C24H28N2O6S. The highest BCUT2D eigenvalue weighted by Crippen LogP contribution is 2.31. The van der Waals surface area contributed by atoms with E-state index >= 15 is 0 Å². The number of methoxy groups -OCH3 is 1. The lowest BCUT2D eigenvalue weighted by Gasteiger charge is -2.29. The van der Waals surface area contributed by atoms with Crippen LogP contribution >= 0.6 is 0 Å². The molecule has 0 unspecified atom stereocenters. The average Bonchev–Trinajstić information content (AvgIpc) is 2.72. The molecular weight excluding hydrogens is 444 g/mol. The number of carbonyl (C=O) groups excluding carboxylic acids is 2. The standard InChI is InChI=1S/C24H28N2O6S/c1-6-32-18-9-7-17(8-10-18)21-20(23(27)31-5)19(25-24(28)26-21)13-33(29,30)22-15(3)11-14(2)12-16(22)4/h7-12,21H,6,13H2,1-5H3,(H2,25,26,28)/t21-/m0/s1. The van der Waals surface area contributed by atoms with E-state index in [-0.39, 0.29) is 16.2 Å². The molecule has 1 aliphatic heterocycles. The van der Waals surface area contributed by atoms with Crippen molar-refractivity contribution < 1.29 is 27.5 Å². The van der Waals surface area contributed by atoms with Crippen LogP contribution in [0, 0.1) is 20.8 Å². The summed E-state index contributed by atoms with van der Waals surface area (Å²) in [5, 5.41) is 5.20. The first kappa shape index (κ1) is 24.3. The third-order valence-electron chi connectivity index (χ3n) is 5.33. The number of hydrogen-bond donors (Lipinski definition) is 2. The molecule has 0 aliphatic carbocycles. The molecule has 1 heterocycles. The van der Waals surface area contributed by atoms with E-state index in [9.17, 15) is 18.0 Å². The zero-order valence-corrected chi connectivity index (χ0v) is 20.1. The SMILES string of the molecule is CCOc1ccc([C@@H]2NC(=O)NC(CS(=O)(=O)c3c(C)cc(C)cc3C)=C2C(=O)OC)cc1. The number of hydrogen-bond acceptors (Lipinski definition) is 6. The maximum atomic E-state index is 13.4. The van der Waals surface area contributed by atoms with Crippen molar-refractivity contribution in [1.82, 2.24) is 10.6 Å². The molecule has 0 fully saturated rings. The van der Waals surface area contributed by atoms with Crippen LogP contribution in [0.25, 0.3) is 0 Å². The number of nitrogens with one attached hydrogen (secondary N) is 2. The van der Waals surface area contributed by atoms with E-state index in [1.54, 1.807) is 50.2 Å². The molecule has 0 saturated carbocycles. The molecule has 2 amide bonds. The number of benzene rings is 2. The fraction of sp³-hybridized carbons (Fsp3) is 0.333. The second kappa shape index (κ2) is 9.66. The molecule has 1 aliphatic rings. The van der Waals surface area contributed by atoms with E-state index in [0.29, 0.717) is 29.0 Å². The second-order valence-corrected chi connectivity index (χ2v) is 9.83. The molecule has 2 aromatic rings. The maximum Gasteiger partial charge on any atom is 0.338 e. The lowest BCUT2D eigenvalue weighted by molar-refractivity contribution is -0.136. The highest BCUT2D eigenvalue weighted by Gasteiger charge is 2.36. The Balaban J connectivity index is 2.10. The van der Waals surface area contributed by atoms with Gasteiger partial charge in [-0.15, -0.1) is 0 Å². The van der Waals surface area contributed by atoms with Crippen LogP contribution in [0.4, 0.5) is 4.79 Å². The average molecular weight is 473 g/mol. The lowest BCUT2D eigenvalue weighted by atomic mass is 9.95. The minimum atomic E-state index is -3.88. The topological polar surface area (TPSA) is 111 Å². The molecule has 0 spiro atoms. The van der Waals surface area contributed by atoms with Crippen molar-refractivity contribution in [2.75, 3.05) is 19.5 Å². The molecule has 1 atom stereocenters. The Morgan fingerprint density at radius 1 is 1.06 bits per heavy atom. The number of carbonyl (C=O) groups is 2. The van der Waals surface area contributed by atoms with Gasteiger partial charge in [0.15, 0.2) is 9.84 Å². The summed E-state index contributed by atoms with van der Waals surface area (Å²) in [4.78, 5) is 25.4. The van der Waals surface area contributed by atoms with Crippen molar-refractivity contribution >= 4 is 21.8 Å². The van der Waals surface area contributed by atoms with E-state index in [0.717, 1.165) is 5.56 Å². The van der Waals surface area contributed by atoms with Crippen molar-refractivity contribution in [3.8, 4) is 5.75 Å². The van der Waals surface area contributed by atoms with Gasteiger partial charge >= 0.3 is 12.0 Å². The van der Waals surface area contributed by atoms with Crippen LogP contribution in [0.2, 0.25) is 0 Å². The molecule has 0 aromatic heterocycles. The fourth-order valence-electron chi connectivity index (χ4n) is 4.18. The van der Waals surface area contributed by atoms with Gasteiger partial charge in [-0.25, -0.2) is 18.0 Å². The summed E-state index contributed by atoms with van der Waals surface area (Å²) in [5.41, 5.74) is 2.78. The molecule has 3 rings (SSSR count). The van der Waals surface area contributed by atoms with E-state index in [1.165, 1.54) is 7.11 Å². The lowest BCUT2D eigenvalue weighted by Crippen LogP contribution is -2.47. The second-order valence-electron chi connectivity index (χ2n) is 7.90. The van der Waals surface area contributed by atoms with Gasteiger partial charge in [-0.2, -0.15) is 0 Å². The van der Waals surface area contributed by atoms with Crippen LogP contribution in [-0.2, 0) is 19.4 Å². The van der Waals surface area contributed by atoms with Crippen molar-refractivity contribution in [3.63, 3.8) is 0 Å². The summed E-state index contributed by atoms with van der Waals surface area (Å²) in [6, 6.07) is 8.96. The molecule has 176 valence electrons. The van der Waals surface area contributed by atoms with Crippen LogP contribution in [0.1, 0.15) is 35.2 Å². The quantitative estimate of drug-likeness (QED) is 0.599. The Morgan fingerprint density at radius 3 is 2.21 bits per heavy atom. The first-order chi connectivity index (χ1) is 15.6. The molecule has 8 nitrogen and oxygen atoms in total. The first-order valence-corrected chi connectivity index (χ1v) is 12.1. The predicted molar refractivity (Wildman–Crippen MR) is 124 cm³/mol. The Kier molecular flexibility index (Phi) is 7.12. The smallest absolute Gasteiger partial charge is 0.338 e. The zero-order valence-electron chi connectivity index (χ0n) is 19.3. The molecule has 33 heavy (non-hydrogen) atoms. The minimum Gasteiger partial charge on any atom is -0.494 e. The summed E-state index contributed by atoms with van der Waals surface area (Å²) < 4.78 is 37.2. The number of esters is 1. The van der Waals surface area contributed by atoms with Crippen molar-refractivity contribution in [1.29, 1.82) is 0 Å². The summed E-state index contributed by atoms with van der Waals surface area (Å²) in [7, 11) is -2.67. The van der Waals surface area contributed by atoms with Gasteiger partial charge in [-0.05, 0) is 56.5 Å². The fourth-order valence-corrected chi connectivity index (χ4v) is 6.03. The molecule has 0 radical (unpaired) electrons. The summed E-state index contributed by atoms with van der Waals surface area (Å²) in [6.07, 6.45) is 0. The molecule has 0 saturated heterocycles. The third kappa shape index (κ3) is 5.19. The van der Waals surface area contributed by atoms with Crippen molar-refractivity contribution in [2.45, 2.75) is 38.6 Å². The minimum absolute atomic E-state index is 0.0103. The summed E-state index contributed by atoms with van der Waals surface area (Å²) in [6.45, 7) is 7.71. The maximum absolute atomic E-state index is 13.4. The van der Waals surface area contributed by atoms with Gasteiger partial charge in [0.2, 0.25) is 0 Å². The van der Waals surface area contributed by atoms with Gasteiger partial charge in [0.25, 0.3) is 0 Å². The third-order valence-corrected chi connectivity index (χ3v) is 7.27. The van der Waals surface area contributed by atoms with E-state index in [1.807, 2.05) is 13.8 Å². The van der Waals surface area contributed by atoms with Crippen LogP contribution in [0.3, 0.4) is 0 Å². The predicted octanol–water partition coefficient (Wildman–Crippen LogP) is 3.27. The summed E-state index contributed by atoms with van der Waals surface area (Å²) in [5.74, 6) is -0.648. The van der Waals surface area contributed by atoms with Crippen molar-refractivity contribution in [2.24, 2.45) is 0 Å². The van der Waals surface area contributed by atoms with Crippen LogP contribution in [0.5, 0.6) is 5.75 Å². The van der Waals surface area contributed by atoms with Gasteiger partial charge in [0, 0.05) is 5.70 Å². The van der Waals surface area contributed by atoms with Gasteiger partial charge in [0.05, 0.1) is 36.0 Å². The molecule has 2 N–H and O–H groups in total. The zero-order chi connectivity index (χ0) is 24.3. The van der Waals surface area contributed by atoms with Gasteiger partial charge in [-0.3, -0.25) is 0 Å². The number of aryl methyl sites for hydroxylation is 3. The largest absolute Gasteiger partial charge is 0.494 e. The Hall–Kier alpha value is -3.33. The van der Waals surface area contributed by atoms with E-state index in [2.05, 4.69) is 10.6 Å². The van der Waals surface area contributed by atoms with Crippen LogP contribution in [-0.4, -0.2) is 39.9 Å².